The maximum Gasteiger partial charge on any atom is 0.434 e. The van der Waals surface area contributed by atoms with Crippen molar-refractivity contribution in [3.8, 4) is 0 Å². The minimum Gasteiger partial charge on any atom is -0.363 e. The molecule has 2 N–H and O–H groups in total. The van der Waals surface area contributed by atoms with Gasteiger partial charge >= 0.3 is 6.18 Å². The molecule has 1 aliphatic rings. The van der Waals surface area contributed by atoms with Crippen LogP contribution in [0.2, 0.25) is 5.15 Å². The van der Waals surface area contributed by atoms with Gasteiger partial charge < -0.3 is 5.32 Å². The summed E-state index contributed by atoms with van der Waals surface area (Å²) in [7, 11) is 0. The van der Waals surface area contributed by atoms with E-state index in [1.165, 1.54) is 0 Å². The number of rotatable bonds is 3. The first-order valence-electron chi connectivity index (χ1n) is 5.64. The van der Waals surface area contributed by atoms with Crippen molar-refractivity contribution in [1.82, 2.24) is 14.8 Å². The van der Waals surface area contributed by atoms with Gasteiger partial charge in [0.05, 0.1) is 6.20 Å². The van der Waals surface area contributed by atoms with Gasteiger partial charge in [-0.25, -0.2) is 14.8 Å². The Kier molecular flexibility index (Phi) is 4.37. The summed E-state index contributed by atoms with van der Waals surface area (Å²) in [4.78, 5) is 9.61. The molecule has 2 atom stereocenters. The Morgan fingerprint density at radius 1 is 1.26 bits per heavy atom. The lowest BCUT2D eigenvalue weighted by Crippen LogP contribution is -2.36. The van der Waals surface area contributed by atoms with Crippen LogP contribution in [-0.4, -0.2) is 22.1 Å². The summed E-state index contributed by atoms with van der Waals surface area (Å²) in [6.45, 7) is 0. The van der Waals surface area contributed by atoms with Crippen LogP contribution in [0.5, 0.6) is 0 Å². The fourth-order valence-corrected chi connectivity index (χ4v) is 2.49. The highest BCUT2D eigenvalue weighted by Crippen LogP contribution is 2.31. The molecule has 1 heterocycles. The third-order valence-electron chi connectivity index (χ3n) is 3.00. The summed E-state index contributed by atoms with van der Waals surface area (Å²) in [6, 6.07) is 0.00265. The highest BCUT2D eigenvalue weighted by molar-refractivity contribution is 6.31. The summed E-state index contributed by atoms with van der Waals surface area (Å²) in [5.41, 5.74) is -1.11. The first kappa shape index (κ1) is 14.6. The van der Waals surface area contributed by atoms with Crippen LogP contribution >= 0.6 is 23.4 Å². The predicted octanol–water partition coefficient (Wildman–Crippen LogP) is 3.23. The van der Waals surface area contributed by atoms with Crippen molar-refractivity contribution < 1.29 is 13.2 Å². The first-order chi connectivity index (χ1) is 8.91. The van der Waals surface area contributed by atoms with Gasteiger partial charge in [0.2, 0.25) is 0 Å². The molecule has 0 radical (unpaired) electrons. The fraction of sp³-hybridized carbons (Fsp3) is 0.600. The van der Waals surface area contributed by atoms with E-state index in [0.717, 1.165) is 19.3 Å². The second-order valence-electron chi connectivity index (χ2n) is 4.29. The van der Waals surface area contributed by atoms with Gasteiger partial charge in [0.15, 0.2) is 16.7 Å². The maximum absolute atomic E-state index is 12.4. The molecule has 0 bridgehead atoms. The molecule has 4 nitrogen and oxygen atoms in total. The molecule has 1 aromatic rings. The number of aromatic nitrogens is 2. The van der Waals surface area contributed by atoms with Gasteiger partial charge in [-0.3, -0.25) is 0 Å². The second-order valence-corrected chi connectivity index (χ2v) is 4.87. The number of hydrogen-bond donors (Lipinski definition) is 2. The molecule has 1 fully saturated rings. The zero-order chi connectivity index (χ0) is 14.0. The number of halogens is 5. The van der Waals surface area contributed by atoms with Gasteiger partial charge in [-0.1, -0.05) is 11.6 Å². The Hall–Kier alpha value is -0.790. The average molecular weight is 315 g/mol. The lowest BCUT2D eigenvalue weighted by molar-refractivity contribution is -0.141. The van der Waals surface area contributed by atoms with Gasteiger partial charge in [-0.2, -0.15) is 13.2 Å². The summed E-state index contributed by atoms with van der Waals surface area (Å²) < 4.78 is 37.2. The number of anilines is 1. The zero-order valence-electron chi connectivity index (χ0n) is 9.64. The monoisotopic (exact) mass is 314 g/mol. The van der Waals surface area contributed by atoms with Crippen LogP contribution in [0.25, 0.3) is 0 Å². The second kappa shape index (κ2) is 5.68. The Morgan fingerprint density at radius 3 is 2.53 bits per heavy atom. The molecule has 0 aliphatic heterocycles. The topological polar surface area (TPSA) is 49.8 Å². The van der Waals surface area contributed by atoms with Crippen LogP contribution in [0.15, 0.2) is 6.20 Å². The molecule has 19 heavy (non-hydrogen) atoms. The van der Waals surface area contributed by atoms with E-state index in [9.17, 15) is 13.2 Å². The zero-order valence-corrected chi connectivity index (χ0v) is 11.1. The molecule has 0 spiro atoms. The van der Waals surface area contributed by atoms with E-state index in [1.807, 2.05) is 0 Å². The number of hydrogen-bond acceptors (Lipinski definition) is 4. The summed E-state index contributed by atoms with van der Waals surface area (Å²) in [6.07, 6.45) is -1.21. The van der Waals surface area contributed by atoms with Gasteiger partial charge in [0, 0.05) is 12.1 Å². The Morgan fingerprint density at radius 2 is 1.95 bits per heavy atom. The fourth-order valence-electron chi connectivity index (χ4n) is 2.04. The average Bonchev–Trinajstić information content (AvgIpc) is 2.77. The number of alkyl halides is 3. The molecule has 9 heteroatoms. The standard InChI is InChI=1S/C10H11Cl2F3N4/c11-8-9(16-4-7(18-8)10(13,14)15)17-5-2-1-3-6(5)19-12/h4-6,19H,1-3H2,(H,16,17)/t5-,6-/m0/s1. The van der Waals surface area contributed by atoms with Gasteiger partial charge in [0.1, 0.15) is 0 Å². The van der Waals surface area contributed by atoms with Crippen LogP contribution < -0.4 is 10.2 Å². The number of nitrogens with zero attached hydrogens (tertiary/aromatic N) is 2. The SMILES string of the molecule is FC(F)(F)c1cnc(N[C@H]2CCC[C@@H]2NCl)c(Cl)n1. The number of nitrogens with one attached hydrogen (secondary N) is 2. The predicted molar refractivity (Wildman–Crippen MR) is 66.1 cm³/mol. The van der Waals surface area contributed by atoms with E-state index in [-0.39, 0.29) is 23.1 Å². The van der Waals surface area contributed by atoms with Gasteiger partial charge in [-0.15, -0.1) is 0 Å². The minimum atomic E-state index is -4.55. The largest absolute Gasteiger partial charge is 0.434 e. The maximum atomic E-state index is 12.4. The summed E-state index contributed by atoms with van der Waals surface area (Å²) >= 11 is 11.3. The van der Waals surface area contributed by atoms with E-state index in [0.29, 0.717) is 6.20 Å². The molecule has 1 saturated carbocycles. The van der Waals surface area contributed by atoms with Crippen molar-refractivity contribution in [2.45, 2.75) is 37.5 Å². The van der Waals surface area contributed by atoms with Crippen LogP contribution in [-0.2, 0) is 6.18 Å². The Balaban J connectivity index is 2.13. The first-order valence-corrected chi connectivity index (χ1v) is 6.40. The van der Waals surface area contributed by atoms with Crippen molar-refractivity contribution in [1.29, 1.82) is 0 Å². The third kappa shape index (κ3) is 3.40. The smallest absolute Gasteiger partial charge is 0.363 e. The highest BCUT2D eigenvalue weighted by Gasteiger charge is 2.34. The van der Waals surface area contributed by atoms with E-state index >= 15 is 0 Å². The molecular weight excluding hydrogens is 304 g/mol. The Bertz CT molecular complexity index is 455. The van der Waals surface area contributed by atoms with Crippen molar-refractivity contribution in [3.05, 3.63) is 17.0 Å². The van der Waals surface area contributed by atoms with Crippen LogP contribution in [0.3, 0.4) is 0 Å². The molecule has 1 aliphatic carbocycles. The van der Waals surface area contributed by atoms with Crippen molar-refractivity contribution in [2.75, 3.05) is 5.32 Å². The van der Waals surface area contributed by atoms with E-state index in [4.69, 9.17) is 23.4 Å². The molecule has 0 unspecified atom stereocenters. The molecule has 0 saturated heterocycles. The van der Waals surface area contributed by atoms with Crippen molar-refractivity contribution in [2.24, 2.45) is 0 Å². The summed E-state index contributed by atoms with van der Waals surface area (Å²) in [5, 5.41) is 2.67. The molecule has 0 aromatic carbocycles. The molecule has 2 rings (SSSR count). The quantitative estimate of drug-likeness (QED) is 0.841. The minimum absolute atomic E-state index is 0.0268. The summed E-state index contributed by atoms with van der Waals surface area (Å²) in [5.74, 6) is 0.137. The van der Waals surface area contributed by atoms with E-state index < -0.39 is 11.9 Å². The Labute approximate surface area is 117 Å². The van der Waals surface area contributed by atoms with Gasteiger partial charge in [0.25, 0.3) is 0 Å². The van der Waals surface area contributed by atoms with E-state index in [2.05, 4.69) is 20.1 Å². The molecule has 106 valence electrons. The van der Waals surface area contributed by atoms with Crippen LogP contribution in [0, 0.1) is 0 Å². The van der Waals surface area contributed by atoms with E-state index in [1.54, 1.807) is 0 Å². The normalized spacial score (nSPS) is 23.6. The molecule has 1 aromatic heterocycles. The van der Waals surface area contributed by atoms with Crippen molar-refractivity contribution >= 4 is 29.2 Å². The lowest BCUT2D eigenvalue weighted by Gasteiger charge is -2.20. The van der Waals surface area contributed by atoms with Gasteiger partial charge in [-0.05, 0) is 31.0 Å². The highest BCUT2D eigenvalue weighted by atomic mass is 35.5. The third-order valence-corrected chi connectivity index (χ3v) is 3.54. The lowest BCUT2D eigenvalue weighted by atomic mass is 10.2. The molecular formula is C10H11Cl2F3N4. The van der Waals surface area contributed by atoms with Crippen LogP contribution in [0.1, 0.15) is 25.0 Å². The van der Waals surface area contributed by atoms with Crippen molar-refractivity contribution in [3.63, 3.8) is 0 Å². The van der Waals surface area contributed by atoms with Crippen LogP contribution in [0.4, 0.5) is 19.0 Å². The molecule has 0 amide bonds.